The predicted octanol–water partition coefficient (Wildman–Crippen LogP) is 1.31. The fourth-order valence-corrected chi connectivity index (χ4v) is 0.276. The zero-order valence-electron chi connectivity index (χ0n) is 4.11. The first-order chi connectivity index (χ1) is 4.19. The maximum atomic E-state index is 11.3. The van der Waals surface area contributed by atoms with Gasteiger partial charge in [-0.25, -0.2) is 0 Å². The Kier molecular flexibility index (Phi) is 2.24. The summed E-state index contributed by atoms with van der Waals surface area (Å²) in [6.07, 6.45) is -3.78. The van der Waals surface area contributed by atoms with Crippen LogP contribution in [-0.4, -0.2) is 13.7 Å². The van der Waals surface area contributed by atoms with Gasteiger partial charge in [-0.1, -0.05) is 3.89 Å². The number of rotatable bonds is 2. The molecule has 2 nitrogen and oxygen atoms in total. The summed E-state index contributed by atoms with van der Waals surface area (Å²) < 4.78 is 73.8. The van der Waals surface area contributed by atoms with E-state index in [2.05, 4.69) is 0 Å². The highest BCUT2D eigenvalue weighted by atomic mass is 32.3. The maximum absolute atomic E-state index is 11.3. The van der Waals surface area contributed by atoms with Crippen molar-refractivity contribution in [3.63, 3.8) is 0 Å². The summed E-state index contributed by atoms with van der Waals surface area (Å²) in [5, 5.41) is -5.67. The van der Waals surface area contributed by atoms with Crippen molar-refractivity contribution in [2.75, 3.05) is 0 Å². The van der Waals surface area contributed by atoms with Gasteiger partial charge in [-0.05, 0) is 0 Å². The van der Waals surface area contributed by atoms with E-state index in [1.807, 2.05) is 0 Å². The molecule has 0 aromatic carbocycles. The molecule has 10 heavy (non-hydrogen) atoms. The Hall–Kier alpha value is -0.400. The van der Waals surface area contributed by atoms with E-state index in [-0.39, 0.29) is 0 Å². The molecule has 0 unspecified atom stereocenters. The second-order valence-electron chi connectivity index (χ2n) is 1.22. The van der Waals surface area contributed by atoms with Gasteiger partial charge in [-0.2, -0.15) is 26.0 Å². The van der Waals surface area contributed by atoms with Crippen molar-refractivity contribution in [3.05, 3.63) is 6.43 Å². The molecule has 0 bridgehead atoms. The second-order valence-corrected chi connectivity index (χ2v) is 2.60. The number of hydrogen-bond acceptors (Lipinski definition) is 2. The molecule has 0 saturated carbocycles. The molecule has 0 rings (SSSR count). The van der Waals surface area contributed by atoms with Crippen LogP contribution in [0.25, 0.3) is 0 Å². The lowest BCUT2D eigenvalue weighted by atomic mass is 10.7. The molecule has 0 aliphatic carbocycles. The van der Waals surface area contributed by atoms with E-state index >= 15 is 0 Å². The van der Waals surface area contributed by atoms with Gasteiger partial charge >= 0.3 is 21.9 Å². The Balaban J connectivity index is 4.76. The highest BCUT2D eigenvalue weighted by molar-refractivity contribution is 7.87. The molecule has 8 heteroatoms. The van der Waals surface area contributed by atoms with Gasteiger partial charge in [0.15, 0.2) is 0 Å². The fraction of sp³-hybridized carbons (Fsp3) is 0.500. The topological polar surface area (TPSA) is 34.1 Å². The Labute approximate surface area is 52.9 Å². The molecule has 0 fully saturated rings. The molecule has 0 amide bonds. The van der Waals surface area contributed by atoms with Gasteiger partial charge in [0.25, 0.3) is 0 Å². The molecule has 0 spiro atoms. The van der Waals surface area contributed by atoms with Crippen LogP contribution in [0.5, 0.6) is 0 Å². The van der Waals surface area contributed by atoms with Gasteiger partial charge in [0.1, 0.15) is 0 Å². The van der Waals surface area contributed by atoms with Gasteiger partial charge in [-0.3, -0.25) is 0 Å². The first-order valence-electron chi connectivity index (χ1n) is 1.70. The van der Waals surface area contributed by atoms with Crippen molar-refractivity contribution in [1.29, 1.82) is 0 Å². The lowest BCUT2D eigenvalue weighted by molar-refractivity contribution is 0.00998. The van der Waals surface area contributed by atoms with Crippen LogP contribution in [-0.2, 0) is 10.2 Å². The van der Waals surface area contributed by atoms with Gasteiger partial charge in [0.2, 0.25) is 0 Å². The van der Waals surface area contributed by atoms with Crippen molar-refractivity contribution in [2.24, 2.45) is 0 Å². The van der Waals surface area contributed by atoms with E-state index in [9.17, 15) is 29.9 Å². The zero-order chi connectivity index (χ0) is 8.58. The molecule has 0 aromatic rings. The van der Waals surface area contributed by atoms with Crippen molar-refractivity contribution < 1.29 is 29.9 Å². The summed E-state index contributed by atoms with van der Waals surface area (Å²) >= 11 is 0. The summed E-state index contributed by atoms with van der Waals surface area (Å²) in [5.74, 6) is 0. The monoisotopic (exact) mass is 183 g/mol. The van der Waals surface area contributed by atoms with Gasteiger partial charge < -0.3 is 0 Å². The van der Waals surface area contributed by atoms with E-state index in [0.717, 1.165) is 0 Å². The third kappa shape index (κ3) is 1.55. The summed E-state index contributed by atoms with van der Waals surface area (Å²) in [5.41, 5.74) is 0. The summed E-state index contributed by atoms with van der Waals surface area (Å²) in [6.45, 7) is 0. The van der Waals surface area contributed by atoms with Crippen molar-refractivity contribution in [1.82, 2.24) is 0 Å². The lowest BCUT2D eigenvalue weighted by Gasteiger charge is -2.06. The van der Waals surface area contributed by atoms with Crippen LogP contribution < -0.4 is 0 Å². The third-order valence-corrected chi connectivity index (χ3v) is 1.29. The Bertz CT molecular complexity index is 206. The predicted molar refractivity (Wildman–Crippen MR) is 20.4 cm³/mol. The largest absolute Gasteiger partial charge is 0.442 e. The minimum Gasteiger partial charge on any atom is -0.191 e. The molecular formula is C2F5O2S. The minimum absolute atomic E-state index is 3.78. The summed E-state index contributed by atoms with van der Waals surface area (Å²) in [7, 11) is -6.52. The van der Waals surface area contributed by atoms with Crippen LogP contribution in [0.4, 0.5) is 21.4 Å². The number of hydrogen-bond donors (Lipinski definition) is 0. The highest BCUT2D eigenvalue weighted by Crippen LogP contribution is 2.35. The highest BCUT2D eigenvalue weighted by Gasteiger charge is 2.56. The van der Waals surface area contributed by atoms with Crippen LogP contribution in [0.15, 0.2) is 0 Å². The lowest BCUT2D eigenvalue weighted by Crippen LogP contribution is -2.28. The molecule has 0 N–H and O–H groups in total. The average molecular weight is 183 g/mol. The maximum Gasteiger partial charge on any atom is 0.442 e. The summed E-state index contributed by atoms with van der Waals surface area (Å²) in [4.78, 5) is 0. The van der Waals surface area contributed by atoms with Gasteiger partial charge in [0, 0.05) is 0 Å². The smallest absolute Gasteiger partial charge is 0.191 e. The Morgan fingerprint density at radius 3 is 1.50 bits per heavy atom. The number of halogens is 5. The second kappa shape index (κ2) is 2.33. The standard InChI is InChI=1S/C2F5O2S/c3-1(4)2(5,6)10(7,8)9. The molecule has 1 radical (unpaired) electrons. The van der Waals surface area contributed by atoms with E-state index < -0.39 is 21.9 Å². The quantitative estimate of drug-likeness (QED) is 0.477. The summed E-state index contributed by atoms with van der Waals surface area (Å²) in [6, 6.07) is 0. The van der Waals surface area contributed by atoms with Crippen molar-refractivity contribution in [2.45, 2.75) is 5.25 Å². The van der Waals surface area contributed by atoms with Crippen molar-refractivity contribution >= 4 is 10.2 Å². The van der Waals surface area contributed by atoms with Crippen LogP contribution >= 0.6 is 0 Å². The molecule has 0 heterocycles. The van der Waals surface area contributed by atoms with E-state index in [4.69, 9.17) is 0 Å². The fourth-order valence-electron chi connectivity index (χ4n) is 0.0922. The molecule has 61 valence electrons. The van der Waals surface area contributed by atoms with E-state index in [1.165, 1.54) is 0 Å². The molecule has 0 aromatic heterocycles. The van der Waals surface area contributed by atoms with E-state index in [1.54, 1.807) is 0 Å². The molecule has 0 aliphatic heterocycles. The average Bonchev–Trinajstić information content (AvgIpc) is 1.62. The normalized spacial score (nSPS) is 14.2. The van der Waals surface area contributed by atoms with Crippen LogP contribution in [0, 0.1) is 6.43 Å². The van der Waals surface area contributed by atoms with E-state index in [0.29, 0.717) is 0 Å². The van der Waals surface area contributed by atoms with Crippen LogP contribution in [0.1, 0.15) is 0 Å². The number of alkyl halides is 2. The first-order valence-corrected chi connectivity index (χ1v) is 3.08. The van der Waals surface area contributed by atoms with Crippen LogP contribution in [0.3, 0.4) is 0 Å². The Morgan fingerprint density at radius 1 is 1.20 bits per heavy atom. The Morgan fingerprint density at radius 2 is 1.50 bits per heavy atom. The molecular weight excluding hydrogens is 183 g/mol. The first kappa shape index (κ1) is 9.60. The SMILES string of the molecule is O=S(=O)(F)C(F)(F)[C](F)F. The van der Waals surface area contributed by atoms with Gasteiger partial charge in [0.05, 0.1) is 0 Å². The molecule has 0 saturated heterocycles. The van der Waals surface area contributed by atoms with Gasteiger partial charge in [-0.15, -0.1) is 0 Å². The zero-order valence-corrected chi connectivity index (χ0v) is 4.93. The van der Waals surface area contributed by atoms with Crippen molar-refractivity contribution in [3.8, 4) is 0 Å². The minimum atomic E-state index is -6.52. The van der Waals surface area contributed by atoms with Crippen LogP contribution in [0.2, 0.25) is 0 Å². The third-order valence-electron chi connectivity index (χ3n) is 0.526. The molecule has 0 atom stereocenters. The molecule has 0 aliphatic rings.